The lowest BCUT2D eigenvalue weighted by molar-refractivity contribution is 0.103. The fourth-order valence-corrected chi connectivity index (χ4v) is 1.83. The first-order valence-corrected chi connectivity index (χ1v) is 5.26. The summed E-state index contributed by atoms with van der Waals surface area (Å²) in [5.74, 6) is -0.115. The Morgan fingerprint density at radius 2 is 2.12 bits per heavy atom. The summed E-state index contributed by atoms with van der Waals surface area (Å²) >= 11 is 0. The van der Waals surface area contributed by atoms with E-state index in [0.29, 0.717) is 16.8 Å². The standard InChI is InChI=1S/C13H10N2O2/c1-15-7-6-11(14-15)13(16)10-8-17-12-5-3-2-4-9(10)12/h2-8H,1H3. The van der Waals surface area contributed by atoms with Crippen molar-refractivity contribution in [3.8, 4) is 0 Å². The zero-order chi connectivity index (χ0) is 11.8. The van der Waals surface area contributed by atoms with Crippen molar-refractivity contribution in [2.24, 2.45) is 7.05 Å². The molecule has 0 N–H and O–H groups in total. The summed E-state index contributed by atoms with van der Waals surface area (Å²) in [5, 5.41) is 4.92. The Morgan fingerprint density at radius 1 is 1.29 bits per heavy atom. The first-order chi connectivity index (χ1) is 8.25. The number of hydrogen-bond acceptors (Lipinski definition) is 3. The van der Waals surface area contributed by atoms with Gasteiger partial charge in [0.2, 0.25) is 5.78 Å². The molecule has 0 saturated heterocycles. The van der Waals surface area contributed by atoms with Crippen molar-refractivity contribution in [1.29, 1.82) is 0 Å². The Kier molecular flexibility index (Phi) is 2.08. The van der Waals surface area contributed by atoms with Crippen LogP contribution in [-0.4, -0.2) is 15.6 Å². The maximum absolute atomic E-state index is 12.2. The van der Waals surface area contributed by atoms with Gasteiger partial charge in [-0.25, -0.2) is 0 Å². The molecule has 0 atom stereocenters. The van der Waals surface area contributed by atoms with E-state index in [0.717, 1.165) is 5.39 Å². The Balaban J connectivity index is 2.13. The number of ketones is 1. The molecule has 4 nitrogen and oxygen atoms in total. The Labute approximate surface area is 97.5 Å². The number of aromatic nitrogens is 2. The average Bonchev–Trinajstić information content (AvgIpc) is 2.94. The van der Waals surface area contributed by atoms with Crippen molar-refractivity contribution >= 4 is 16.8 Å². The van der Waals surface area contributed by atoms with Gasteiger partial charge in [-0.3, -0.25) is 9.48 Å². The summed E-state index contributed by atoms with van der Waals surface area (Å²) in [6.07, 6.45) is 3.23. The second-order valence-electron chi connectivity index (χ2n) is 3.85. The van der Waals surface area contributed by atoms with E-state index in [1.165, 1.54) is 6.26 Å². The fourth-order valence-electron chi connectivity index (χ4n) is 1.83. The number of para-hydroxylation sites is 1. The van der Waals surface area contributed by atoms with Crippen LogP contribution in [-0.2, 0) is 7.05 Å². The largest absolute Gasteiger partial charge is 0.464 e. The van der Waals surface area contributed by atoms with Gasteiger partial charge in [0.1, 0.15) is 17.5 Å². The van der Waals surface area contributed by atoms with Crippen LogP contribution in [0.5, 0.6) is 0 Å². The summed E-state index contributed by atoms with van der Waals surface area (Å²) in [6.45, 7) is 0. The molecular weight excluding hydrogens is 216 g/mol. The number of carbonyl (C=O) groups is 1. The van der Waals surface area contributed by atoms with Crippen LogP contribution in [0.25, 0.3) is 11.0 Å². The molecule has 3 aromatic rings. The number of benzene rings is 1. The van der Waals surface area contributed by atoms with Gasteiger partial charge in [0.05, 0.1) is 5.56 Å². The molecule has 2 aromatic heterocycles. The molecule has 0 aliphatic heterocycles. The molecule has 1 aromatic carbocycles. The zero-order valence-corrected chi connectivity index (χ0v) is 9.25. The second kappa shape index (κ2) is 3.59. The number of fused-ring (bicyclic) bond motifs is 1. The van der Waals surface area contributed by atoms with Crippen LogP contribution in [0.15, 0.2) is 47.2 Å². The molecule has 0 bridgehead atoms. The van der Waals surface area contributed by atoms with Gasteiger partial charge in [-0.05, 0) is 12.1 Å². The highest BCUT2D eigenvalue weighted by Crippen LogP contribution is 2.22. The maximum Gasteiger partial charge on any atom is 0.217 e. The molecule has 0 fully saturated rings. The van der Waals surface area contributed by atoms with Crippen LogP contribution in [0.1, 0.15) is 16.1 Å². The topological polar surface area (TPSA) is 48.0 Å². The van der Waals surface area contributed by atoms with Crippen molar-refractivity contribution in [1.82, 2.24) is 9.78 Å². The molecule has 4 heteroatoms. The minimum atomic E-state index is -0.115. The fraction of sp³-hybridized carbons (Fsp3) is 0.0769. The predicted molar refractivity (Wildman–Crippen MR) is 62.9 cm³/mol. The van der Waals surface area contributed by atoms with Crippen molar-refractivity contribution in [2.45, 2.75) is 0 Å². The van der Waals surface area contributed by atoms with Crippen LogP contribution in [0, 0.1) is 0 Å². The van der Waals surface area contributed by atoms with E-state index in [4.69, 9.17) is 4.42 Å². The lowest BCUT2D eigenvalue weighted by Crippen LogP contribution is -2.02. The van der Waals surface area contributed by atoms with Crippen LogP contribution in [0.3, 0.4) is 0 Å². The normalized spacial score (nSPS) is 10.9. The van der Waals surface area contributed by atoms with Gasteiger partial charge in [-0.15, -0.1) is 0 Å². The van der Waals surface area contributed by atoms with Crippen molar-refractivity contribution in [3.05, 3.63) is 54.0 Å². The SMILES string of the molecule is Cn1ccc(C(=O)c2coc3ccccc23)n1. The van der Waals surface area contributed by atoms with Gasteiger partial charge in [-0.1, -0.05) is 18.2 Å². The molecule has 17 heavy (non-hydrogen) atoms. The number of carbonyl (C=O) groups excluding carboxylic acids is 1. The van der Waals surface area contributed by atoms with Gasteiger partial charge >= 0.3 is 0 Å². The summed E-state index contributed by atoms with van der Waals surface area (Å²) < 4.78 is 6.95. The van der Waals surface area contributed by atoms with Crippen LogP contribution >= 0.6 is 0 Å². The molecular formula is C13H10N2O2. The summed E-state index contributed by atoms with van der Waals surface area (Å²) in [7, 11) is 1.78. The molecule has 0 aliphatic rings. The number of furan rings is 1. The number of rotatable bonds is 2. The van der Waals surface area contributed by atoms with Gasteiger partial charge in [0.25, 0.3) is 0 Å². The molecule has 84 valence electrons. The smallest absolute Gasteiger partial charge is 0.217 e. The highest BCUT2D eigenvalue weighted by Gasteiger charge is 2.17. The third-order valence-electron chi connectivity index (χ3n) is 2.67. The Hall–Kier alpha value is -2.36. The Morgan fingerprint density at radius 3 is 2.88 bits per heavy atom. The third-order valence-corrected chi connectivity index (χ3v) is 2.67. The van der Waals surface area contributed by atoms with E-state index < -0.39 is 0 Å². The lowest BCUT2D eigenvalue weighted by atomic mass is 10.1. The minimum Gasteiger partial charge on any atom is -0.464 e. The van der Waals surface area contributed by atoms with E-state index in [2.05, 4.69) is 5.10 Å². The monoisotopic (exact) mass is 226 g/mol. The highest BCUT2D eigenvalue weighted by atomic mass is 16.3. The van der Waals surface area contributed by atoms with E-state index in [1.54, 1.807) is 24.0 Å². The van der Waals surface area contributed by atoms with Crippen LogP contribution < -0.4 is 0 Å². The summed E-state index contributed by atoms with van der Waals surface area (Å²) in [4.78, 5) is 12.2. The molecule has 0 radical (unpaired) electrons. The molecule has 0 spiro atoms. The van der Waals surface area contributed by atoms with E-state index >= 15 is 0 Å². The van der Waals surface area contributed by atoms with Crippen molar-refractivity contribution in [2.75, 3.05) is 0 Å². The number of aryl methyl sites for hydroxylation is 1. The molecule has 0 saturated carbocycles. The third kappa shape index (κ3) is 1.54. The first kappa shape index (κ1) is 9.84. The maximum atomic E-state index is 12.2. The molecule has 3 rings (SSSR count). The van der Waals surface area contributed by atoms with Gasteiger partial charge in [-0.2, -0.15) is 5.10 Å². The van der Waals surface area contributed by atoms with Crippen LogP contribution in [0.2, 0.25) is 0 Å². The molecule has 0 aliphatic carbocycles. The number of nitrogens with zero attached hydrogens (tertiary/aromatic N) is 2. The average molecular weight is 226 g/mol. The molecule has 0 amide bonds. The van der Waals surface area contributed by atoms with Crippen LogP contribution in [0.4, 0.5) is 0 Å². The lowest BCUT2D eigenvalue weighted by Gasteiger charge is -1.93. The van der Waals surface area contributed by atoms with Gasteiger partial charge < -0.3 is 4.42 Å². The van der Waals surface area contributed by atoms with Crippen molar-refractivity contribution < 1.29 is 9.21 Å². The summed E-state index contributed by atoms with van der Waals surface area (Å²) in [5.41, 5.74) is 1.70. The van der Waals surface area contributed by atoms with Crippen molar-refractivity contribution in [3.63, 3.8) is 0 Å². The quantitative estimate of drug-likeness (QED) is 0.630. The predicted octanol–water partition coefficient (Wildman–Crippen LogP) is 2.40. The second-order valence-corrected chi connectivity index (χ2v) is 3.85. The first-order valence-electron chi connectivity index (χ1n) is 5.26. The summed E-state index contributed by atoms with van der Waals surface area (Å²) in [6, 6.07) is 9.16. The Bertz CT molecular complexity index is 694. The van der Waals surface area contributed by atoms with E-state index in [9.17, 15) is 4.79 Å². The van der Waals surface area contributed by atoms with Gasteiger partial charge in [0.15, 0.2) is 0 Å². The number of hydrogen-bond donors (Lipinski definition) is 0. The molecule has 0 unspecified atom stereocenters. The molecule has 2 heterocycles. The zero-order valence-electron chi connectivity index (χ0n) is 9.25. The van der Waals surface area contributed by atoms with E-state index in [-0.39, 0.29) is 5.78 Å². The minimum absolute atomic E-state index is 0.115. The highest BCUT2D eigenvalue weighted by molar-refractivity contribution is 6.14. The van der Waals surface area contributed by atoms with E-state index in [1.807, 2.05) is 24.3 Å². The van der Waals surface area contributed by atoms with Gasteiger partial charge in [0, 0.05) is 18.6 Å².